The smallest absolute Gasteiger partial charge is 0.262 e. The van der Waals surface area contributed by atoms with E-state index in [9.17, 15) is 29.1 Å². The first-order valence-electron chi connectivity index (χ1n) is 22.8. The van der Waals surface area contributed by atoms with Crippen LogP contribution in [0, 0.1) is 5.92 Å². The molecule has 1 spiro atoms. The molecule has 4 N–H and O–H groups in total. The van der Waals surface area contributed by atoms with Crippen LogP contribution in [0.1, 0.15) is 65.7 Å². The molecule has 17 nitrogen and oxygen atoms in total. The number of nitrogens with one attached hydrogen (secondary N) is 1. The zero-order valence-corrected chi connectivity index (χ0v) is 36.4. The molecule has 17 heteroatoms. The van der Waals surface area contributed by atoms with Crippen molar-refractivity contribution in [3.63, 3.8) is 0 Å². The number of hydrogen-bond acceptors (Lipinski definition) is 14. The SMILES string of the molecule is Nc1nnc(-c2ccccc2O)cc1N1CCN(c2cccc(OCCN3CCN(C(=O)C4CCN(c5ccc6c(c5)C(=O)N(C5CCC(=O)NC5=O)C6=O)CC4)CC3)c2)C2(CCC2)C1. The fourth-order valence-electron chi connectivity index (χ4n) is 10.6. The van der Waals surface area contributed by atoms with Crippen LogP contribution >= 0.6 is 0 Å². The van der Waals surface area contributed by atoms with E-state index >= 15 is 0 Å². The van der Waals surface area contributed by atoms with Crippen LogP contribution in [0.4, 0.5) is 22.9 Å². The summed E-state index contributed by atoms with van der Waals surface area (Å²) in [6.07, 6.45) is 4.87. The summed E-state index contributed by atoms with van der Waals surface area (Å²) >= 11 is 0. The van der Waals surface area contributed by atoms with E-state index in [1.165, 1.54) is 0 Å². The van der Waals surface area contributed by atoms with Gasteiger partial charge in [0.05, 0.1) is 28.0 Å². The number of phenols is 1. The highest BCUT2D eigenvalue weighted by molar-refractivity contribution is 6.23. The molecule has 5 fully saturated rings. The van der Waals surface area contributed by atoms with E-state index in [1.54, 1.807) is 24.3 Å². The number of aromatic nitrogens is 2. The summed E-state index contributed by atoms with van der Waals surface area (Å²) in [5.74, 6) is -0.599. The molecule has 4 saturated heterocycles. The third-order valence-corrected chi connectivity index (χ3v) is 14.4. The summed E-state index contributed by atoms with van der Waals surface area (Å²) in [4.78, 5) is 76.7. The molecule has 0 radical (unpaired) electrons. The minimum atomic E-state index is -1.00. The minimum absolute atomic E-state index is 0.0344. The minimum Gasteiger partial charge on any atom is -0.507 e. The van der Waals surface area contributed by atoms with Crippen LogP contribution in [0.15, 0.2) is 72.8 Å². The van der Waals surface area contributed by atoms with E-state index in [0.717, 1.165) is 86.2 Å². The van der Waals surface area contributed by atoms with Gasteiger partial charge in [0.2, 0.25) is 17.7 Å². The molecule has 1 atom stereocenters. The van der Waals surface area contributed by atoms with Gasteiger partial charge in [0.1, 0.15) is 24.1 Å². The van der Waals surface area contributed by atoms with Crippen molar-refractivity contribution in [3.05, 3.63) is 83.9 Å². The van der Waals surface area contributed by atoms with E-state index < -0.39 is 29.7 Å². The standard InChI is InChI=1S/C48H54N10O7/c49-43-40(29-38(51-52-43)36-7-1-2-8-41(36)59)56-23-24-57(48(30-56)15-4-16-48)33-5-3-6-34(27-33)65-26-25-53-19-21-55(22-20-53)45(62)31-13-17-54(18-14-31)32-9-10-35-37(28-32)47(64)58(46(35)63)39-11-12-42(60)50-44(39)61/h1-3,5-10,27-29,31,39,59H,4,11-26,30H2,(H2,49,52)(H,50,60,61). The largest absolute Gasteiger partial charge is 0.507 e. The molecule has 3 aromatic carbocycles. The highest BCUT2D eigenvalue weighted by atomic mass is 16.5. The van der Waals surface area contributed by atoms with Gasteiger partial charge in [0, 0.05) is 101 Å². The Bertz CT molecular complexity index is 2530. The molecular formula is C48H54N10O7. The number of nitrogen functional groups attached to an aromatic ring is 1. The van der Waals surface area contributed by atoms with E-state index in [1.807, 2.05) is 35.2 Å². The molecule has 10 rings (SSSR count). The number of fused-ring (bicyclic) bond motifs is 1. The predicted molar refractivity (Wildman–Crippen MR) is 243 cm³/mol. The maximum atomic E-state index is 13.7. The summed E-state index contributed by atoms with van der Waals surface area (Å²) in [5, 5.41) is 21.3. The van der Waals surface area contributed by atoms with Crippen LogP contribution in [0.25, 0.3) is 11.3 Å². The lowest BCUT2D eigenvalue weighted by Crippen LogP contribution is -2.66. The number of phenolic OH excluding ortho intramolecular Hbond substituents is 1. The molecular weight excluding hydrogens is 829 g/mol. The Morgan fingerprint density at radius 3 is 2.32 bits per heavy atom. The number of amides is 5. The van der Waals surface area contributed by atoms with Crippen molar-refractivity contribution in [1.82, 2.24) is 30.2 Å². The third-order valence-electron chi connectivity index (χ3n) is 14.4. The average molecular weight is 883 g/mol. The topological polar surface area (TPSA) is 198 Å². The first-order chi connectivity index (χ1) is 31.5. The molecule has 6 aliphatic rings. The second-order valence-electron chi connectivity index (χ2n) is 18.1. The number of nitrogens with zero attached hydrogens (tertiary/aromatic N) is 8. The van der Waals surface area contributed by atoms with Gasteiger partial charge in [-0.05, 0) is 87.1 Å². The lowest BCUT2D eigenvalue weighted by Gasteiger charge is -2.57. The number of imide groups is 2. The predicted octanol–water partition coefficient (Wildman–Crippen LogP) is 3.52. The van der Waals surface area contributed by atoms with Gasteiger partial charge in [0.25, 0.3) is 11.8 Å². The van der Waals surface area contributed by atoms with Gasteiger partial charge in [-0.3, -0.25) is 39.1 Å². The molecule has 65 heavy (non-hydrogen) atoms. The van der Waals surface area contributed by atoms with Gasteiger partial charge in [-0.15, -0.1) is 10.2 Å². The molecule has 6 heterocycles. The van der Waals surface area contributed by atoms with Gasteiger partial charge in [0.15, 0.2) is 5.82 Å². The van der Waals surface area contributed by atoms with Gasteiger partial charge >= 0.3 is 0 Å². The molecule has 338 valence electrons. The maximum absolute atomic E-state index is 13.7. The first kappa shape index (κ1) is 42.2. The number of nitrogens with two attached hydrogens (primary N) is 1. The zero-order chi connectivity index (χ0) is 44.8. The van der Waals surface area contributed by atoms with Gasteiger partial charge in [-0.25, -0.2) is 0 Å². The van der Waals surface area contributed by atoms with Crippen LogP contribution < -0.4 is 30.5 Å². The van der Waals surface area contributed by atoms with Crippen molar-refractivity contribution in [2.75, 3.05) is 92.5 Å². The number of benzene rings is 3. The van der Waals surface area contributed by atoms with Crippen molar-refractivity contribution < 1.29 is 33.8 Å². The fourth-order valence-corrected chi connectivity index (χ4v) is 10.6. The highest BCUT2D eigenvalue weighted by Crippen LogP contribution is 2.45. The van der Waals surface area contributed by atoms with Gasteiger partial charge in [-0.1, -0.05) is 18.2 Å². The quantitative estimate of drug-likeness (QED) is 0.196. The molecule has 1 unspecified atom stereocenters. The summed E-state index contributed by atoms with van der Waals surface area (Å²) in [5.41, 5.74) is 10.9. The molecule has 1 saturated carbocycles. The first-order valence-corrected chi connectivity index (χ1v) is 22.8. The molecule has 5 amide bonds. The summed E-state index contributed by atoms with van der Waals surface area (Å²) in [7, 11) is 0. The fraction of sp³-hybridized carbons (Fsp3) is 0.438. The summed E-state index contributed by atoms with van der Waals surface area (Å²) < 4.78 is 6.34. The lowest BCUT2D eigenvalue weighted by atomic mass is 9.73. The molecule has 4 aromatic rings. The average Bonchev–Trinajstić information content (AvgIpc) is 3.56. The Morgan fingerprint density at radius 2 is 1.57 bits per heavy atom. The van der Waals surface area contributed by atoms with Gasteiger partial charge in [-0.2, -0.15) is 0 Å². The van der Waals surface area contributed by atoms with Crippen LogP contribution in [-0.2, 0) is 14.4 Å². The summed E-state index contributed by atoms with van der Waals surface area (Å²) in [6, 6.07) is 21.6. The second-order valence-corrected chi connectivity index (χ2v) is 18.1. The molecule has 5 aliphatic heterocycles. The van der Waals surface area contributed by atoms with E-state index in [-0.39, 0.29) is 47.1 Å². The number of anilines is 4. The summed E-state index contributed by atoms with van der Waals surface area (Å²) in [6.45, 7) is 7.87. The molecule has 1 aromatic heterocycles. The molecule has 0 bridgehead atoms. The van der Waals surface area contributed by atoms with Crippen molar-refractivity contribution >= 4 is 52.4 Å². The van der Waals surface area contributed by atoms with E-state index in [2.05, 4.69) is 53.3 Å². The number of rotatable bonds is 10. The van der Waals surface area contributed by atoms with E-state index in [0.29, 0.717) is 62.7 Å². The number of ether oxygens (including phenoxy) is 1. The Morgan fingerprint density at radius 1 is 0.785 bits per heavy atom. The number of para-hydroxylation sites is 1. The normalized spacial score (nSPS) is 21.4. The Labute approximate surface area is 377 Å². The van der Waals surface area contributed by atoms with Crippen molar-refractivity contribution in [1.29, 1.82) is 0 Å². The number of carbonyl (C=O) groups excluding carboxylic acids is 5. The zero-order valence-electron chi connectivity index (χ0n) is 36.4. The highest BCUT2D eigenvalue weighted by Gasteiger charge is 2.48. The number of hydrogen-bond donors (Lipinski definition) is 3. The Balaban J connectivity index is 0.682. The monoisotopic (exact) mass is 882 g/mol. The number of carbonyl (C=O) groups is 5. The number of aromatic hydroxyl groups is 1. The maximum Gasteiger partial charge on any atom is 0.262 e. The van der Waals surface area contributed by atoms with Crippen LogP contribution in [0.3, 0.4) is 0 Å². The third kappa shape index (κ3) is 8.06. The van der Waals surface area contributed by atoms with Gasteiger partial charge < -0.3 is 35.2 Å². The second kappa shape index (κ2) is 17.3. The van der Waals surface area contributed by atoms with Crippen molar-refractivity contribution in [3.8, 4) is 22.8 Å². The number of piperidine rings is 2. The van der Waals surface area contributed by atoms with Crippen molar-refractivity contribution in [2.45, 2.75) is 56.5 Å². The Hall–Kier alpha value is -6.75. The Kier molecular flexibility index (Phi) is 11.3. The number of piperazine rings is 2. The van der Waals surface area contributed by atoms with Crippen LogP contribution in [0.2, 0.25) is 0 Å². The molecule has 1 aliphatic carbocycles. The van der Waals surface area contributed by atoms with Crippen LogP contribution in [-0.4, -0.2) is 143 Å². The van der Waals surface area contributed by atoms with E-state index in [4.69, 9.17) is 10.5 Å². The van der Waals surface area contributed by atoms with Crippen LogP contribution in [0.5, 0.6) is 11.5 Å². The lowest BCUT2D eigenvalue weighted by molar-refractivity contribution is -0.138. The van der Waals surface area contributed by atoms with Crippen molar-refractivity contribution in [2.24, 2.45) is 5.92 Å².